The molecule has 0 atom stereocenters. The number of carboxylic acids is 1. The number of pyridine rings is 1. The number of aliphatic carboxylic acids is 1. The van der Waals surface area contributed by atoms with Crippen molar-refractivity contribution in [3.63, 3.8) is 0 Å². The molecule has 0 saturated carbocycles. The van der Waals surface area contributed by atoms with Gasteiger partial charge < -0.3 is 9.67 Å². The van der Waals surface area contributed by atoms with Crippen molar-refractivity contribution in [1.82, 2.24) is 14.5 Å². The summed E-state index contributed by atoms with van der Waals surface area (Å²) < 4.78 is 2.05. The van der Waals surface area contributed by atoms with Crippen molar-refractivity contribution < 1.29 is 9.90 Å². The minimum atomic E-state index is -0.834. The first-order valence-electron chi connectivity index (χ1n) is 5.98. The zero-order valence-electron chi connectivity index (χ0n) is 10.6. The molecule has 0 aliphatic rings. The molecule has 2 heterocycles. The normalized spacial score (nSPS) is 10.6. The number of aromatic nitrogens is 3. The summed E-state index contributed by atoms with van der Waals surface area (Å²) in [7, 11) is 0. The summed E-state index contributed by atoms with van der Waals surface area (Å²) in [6, 6.07) is 3.89. The molecule has 0 unspecified atom stereocenters. The fourth-order valence-electron chi connectivity index (χ4n) is 1.76. The number of aryl methyl sites for hydroxylation is 1. The van der Waals surface area contributed by atoms with Crippen molar-refractivity contribution >= 4 is 17.7 Å². The first kappa shape index (κ1) is 13.6. The molecule has 5 nitrogen and oxygen atoms in total. The first-order valence-corrected chi connectivity index (χ1v) is 6.97. The summed E-state index contributed by atoms with van der Waals surface area (Å²) in [5.74, 6) is -0.813. The molecular weight excluding hydrogens is 262 g/mol. The van der Waals surface area contributed by atoms with Crippen LogP contribution in [0, 0.1) is 0 Å². The molecule has 2 aromatic rings. The predicted octanol–water partition coefficient (Wildman–Crippen LogP) is 2.07. The van der Waals surface area contributed by atoms with Crippen LogP contribution >= 0.6 is 11.8 Å². The highest BCUT2D eigenvalue weighted by atomic mass is 32.2. The van der Waals surface area contributed by atoms with E-state index in [1.54, 1.807) is 12.4 Å². The lowest BCUT2D eigenvalue weighted by Gasteiger charge is -2.10. The third kappa shape index (κ3) is 3.57. The van der Waals surface area contributed by atoms with Gasteiger partial charge in [0, 0.05) is 24.3 Å². The lowest BCUT2D eigenvalue weighted by Crippen LogP contribution is -2.07. The van der Waals surface area contributed by atoms with Gasteiger partial charge in [0.15, 0.2) is 5.16 Å². The Balaban J connectivity index is 2.21. The monoisotopic (exact) mass is 277 g/mol. The van der Waals surface area contributed by atoms with Gasteiger partial charge in [-0.2, -0.15) is 0 Å². The van der Waals surface area contributed by atoms with Gasteiger partial charge in [-0.3, -0.25) is 9.78 Å². The van der Waals surface area contributed by atoms with Crippen molar-refractivity contribution in [2.24, 2.45) is 0 Å². The van der Waals surface area contributed by atoms with Gasteiger partial charge in [0.25, 0.3) is 0 Å². The van der Waals surface area contributed by atoms with Crippen molar-refractivity contribution in [2.45, 2.75) is 25.0 Å². The molecule has 0 bridgehead atoms. The van der Waals surface area contributed by atoms with Crippen molar-refractivity contribution in [2.75, 3.05) is 5.75 Å². The number of thioether (sulfide) groups is 1. The van der Waals surface area contributed by atoms with Gasteiger partial charge in [0.2, 0.25) is 0 Å². The third-order valence-electron chi connectivity index (χ3n) is 2.65. The number of nitrogens with zero attached hydrogens (tertiary/aromatic N) is 3. The average molecular weight is 277 g/mol. The molecule has 2 aromatic heterocycles. The number of hydrogen-bond donors (Lipinski definition) is 1. The summed E-state index contributed by atoms with van der Waals surface area (Å²) in [6.45, 7) is 2.72. The molecule has 0 radical (unpaired) electrons. The van der Waals surface area contributed by atoms with Gasteiger partial charge in [-0.15, -0.1) is 0 Å². The van der Waals surface area contributed by atoms with Crippen LogP contribution in [0.2, 0.25) is 0 Å². The van der Waals surface area contributed by atoms with E-state index in [0.717, 1.165) is 22.8 Å². The van der Waals surface area contributed by atoms with Crippen molar-refractivity contribution in [3.05, 3.63) is 42.0 Å². The Morgan fingerprint density at radius 3 is 2.95 bits per heavy atom. The van der Waals surface area contributed by atoms with E-state index in [0.29, 0.717) is 6.54 Å². The maximum Gasteiger partial charge on any atom is 0.313 e. The number of imidazole rings is 1. The highest BCUT2D eigenvalue weighted by molar-refractivity contribution is 7.99. The Bertz CT molecular complexity index is 554. The topological polar surface area (TPSA) is 68.0 Å². The van der Waals surface area contributed by atoms with Gasteiger partial charge >= 0.3 is 5.97 Å². The molecule has 0 spiro atoms. The van der Waals surface area contributed by atoms with Crippen LogP contribution in [-0.4, -0.2) is 31.4 Å². The summed E-state index contributed by atoms with van der Waals surface area (Å²) >= 11 is 1.24. The van der Waals surface area contributed by atoms with E-state index in [1.807, 2.05) is 22.9 Å². The SMILES string of the molecule is CCc1cnc(SCC(=O)O)n1Cc1cccnc1. The Kier molecular flexibility index (Phi) is 4.57. The van der Waals surface area contributed by atoms with Crippen LogP contribution in [0.25, 0.3) is 0 Å². The summed E-state index contributed by atoms with van der Waals surface area (Å²) in [6.07, 6.45) is 6.21. The second-order valence-corrected chi connectivity index (χ2v) is 4.96. The van der Waals surface area contributed by atoms with Gasteiger partial charge in [-0.25, -0.2) is 4.98 Å². The molecule has 0 saturated heterocycles. The minimum absolute atomic E-state index is 0.0210. The van der Waals surface area contributed by atoms with Crippen LogP contribution in [0.4, 0.5) is 0 Å². The molecule has 0 aliphatic carbocycles. The van der Waals surface area contributed by atoms with E-state index in [-0.39, 0.29) is 5.75 Å². The summed E-state index contributed by atoms with van der Waals surface area (Å²) in [5.41, 5.74) is 2.17. The lowest BCUT2D eigenvalue weighted by atomic mass is 10.2. The number of carboxylic acid groups (broad SMARTS) is 1. The van der Waals surface area contributed by atoms with E-state index in [9.17, 15) is 4.79 Å². The van der Waals surface area contributed by atoms with E-state index in [1.165, 1.54) is 11.8 Å². The third-order valence-corrected chi connectivity index (χ3v) is 3.63. The van der Waals surface area contributed by atoms with Gasteiger partial charge in [-0.1, -0.05) is 24.8 Å². The Labute approximate surface area is 115 Å². The second-order valence-electron chi connectivity index (χ2n) is 4.02. The molecule has 1 N–H and O–H groups in total. The molecule has 0 aliphatic heterocycles. The molecule has 0 aromatic carbocycles. The fourth-order valence-corrected chi connectivity index (χ4v) is 2.48. The Morgan fingerprint density at radius 1 is 1.47 bits per heavy atom. The molecule has 0 fully saturated rings. The second kappa shape index (κ2) is 6.38. The minimum Gasteiger partial charge on any atom is -0.481 e. The molecule has 19 heavy (non-hydrogen) atoms. The molecule has 2 rings (SSSR count). The molecular formula is C13H15N3O2S. The van der Waals surface area contributed by atoms with Gasteiger partial charge in [-0.05, 0) is 18.1 Å². The zero-order chi connectivity index (χ0) is 13.7. The van der Waals surface area contributed by atoms with Crippen LogP contribution in [0.1, 0.15) is 18.2 Å². The fraction of sp³-hybridized carbons (Fsp3) is 0.308. The van der Waals surface area contributed by atoms with Crippen LogP contribution < -0.4 is 0 Å². The van der Waals surface area contributed by atoms with E-state index >= 15 is 0 Å². The Hall–Kier alpha value is -1.82. The highest BCUT2D eigenvalue weighted by Crippen LogP contribution is 2.20. The summed E-state index contributed by atoms with van der Waals surface area (Å²) in [4.78, 5) is 19.0. The maximum absolute atomic E-state index is 10.7. The largest absolute Gasteiger partial charge is 0.481 e. The van der Waals surface area contributed by atoms with Gasteiger partial charge in [0.05, 0.1) is 12.3 Å². The highest BCUT2D eigenvalue weighted by Gasteiger charge is 2.11. The standard InChI is InChI=1S/C13H15N3O2S/c1-2-11-7-15-13(19-9-12(17)18)16(11)8-10-4-3-5-14-6-10/h3-7H,2,8-9H2,1H3,(H,17,18). The van der Waals surface area contributed by atoms with Crippen LogP contribution in [-0.2, 0) is 17.8 Å². The Morgan fingerprint density at radius 2 is 2.32 bits per heavy atom. The quantitative estimate of drug-likeness (QED) is 0.819. The van der Waals surface area contributed by atoms with Crippen LogP contribution in [0.15, 0.2) is 35.9 Å². The van der Waals surface area contributed by atoms with Crippen molar-refractivity contribution in [1.29, 1.82) is 0 Å². The van der Waals surface area contributed by atoms with Crippen LogP contribution in [0.5, 0.6) is 0 Å². The predicted molar refractivity (Wildman–Crippen MR) is 73.3 cm³/mol. The van der Waals surface area contributed by atoms with Gasteiger partial charge in [0.1, 0.15) is 0 Å². The lowest BCUT2D eigenvalue weighted by molar-refractivity contribution is -0.133. The van der Waals surface area contributed by atoms with Crippen LogP contribution in [0.3, 0.4) is 0 Å². The van der Waals surface area contributed by atoms with E-state index in [4.69, 9.17) is 5.11 Å². The summed E-state index contributed by atoms with van der Waals surface area (Å²) in [5, 5.41) is 9.49. The number of hydrogen-bond acceptors (Lipinski definition) is 4. The number of carbonyl (C=O) groups is 1. The zero-order valence-corrected chi connectivity index (χ0v) is 11.4. The maximum atomic E-state index is 10.7. The smallest absolute Gasteiger partial charge is 0.313 e. The molecule has 0 amide bonds. The number of rotatable bonds is 6. The van der Waals surface area contributed by atoms with Crippen molar-refractivity contribution in [3.8, 4) is 0 Å². The molecule has 6 heteroatoms. The van der Waals surface area contributed by atoms with E-state index in [2.05, 4.69) is 16.9 Å². The average Bonchev–Trinajstić information content (AvgIpc) is 2.80. The molecule has 100 valence electrons. The first-order chi connectivity index (χ1) is 9.20. The van der Waals surface area contributed by atoms with E-state index < -0.39 is 5.97 Å².